The fraction of sp³-hybridized carbons (Fsp3) is 0.761. The second kappa shape index (κ2) is 65.1. The zero-order valence-electron chi connectivity index (χ0n) is 51.0. The molecule has 0 aliphatic carbocycles. The molecule has 0 fully saturated rings. The Hall–Kier alpha value is -3.41. The van der Waals surface area contributed by atoms with E-state index in [1.165, 1.54) is 186 Å². The van der Waals surface area contributed by atoms with Gasteiger partial charge in [0, 0.05) is 19.3 Å². The molecule has 444 valence electrons. The van der Waals surface area contributed by atoms with E-state index in [0.717, 1.165) is 103 Å². The van der Waals surface area contributed by atoms with Gasteiger partial charge in [-0.05, 0) is 96.3 Å². The van der Waals surface area contributed by atoms with Crippen LogP contribution in [0.3, 0.4) is 0 Å². The van der Waals surface area contributed by atoms with Crippen LogP contribution in [-0.4, -0.2) is 37.2 Å². The van der Waals surface area contributed by atoms with Crippen LogP contribution in [0.4, 0.5) is 0 Å². The summed E-state index contributed by atoms with van der Waals surface area (Å²) >= 11 is 0. The van der Waals surface area contributed by atoms with Crippen LogP contribution in [-0.2, 0) is 28.6 Å². The number of carbonyl (C=O) groups is 3. The van der Waals surface area contributed by atoms with E-state index in [1.54, 1.807) is 0 Å². The molecule has 0 rings (SSSR count). The van der Waals surface area contributed by atoms with Crippen molar-refractivity contribution in [2.45, 2.75) is 335 Å². The molecule has 0 aromatic heterocycles. The standard InChI is InChI=1S/C71H124O6/c1-4-7-10-13-16-19-21-23-25-26-27-28-29-30-31-32-33-34-35-36-37-38-39-40-41-42-43-44-46-47-49-52-55-58-61-64-70(73)76-67-68(66-75-69(72)63-60-57-54-51-18-15-12-9-6-3)77-71(74)65-62-59-56-53-50-48-45-24-22-20-17-14-11-8-5-2/h7,10,16,19,23-25,27-28,30-31,33-34,45,68H,4-6,8-9,11-15,17-18,20-22,26,29,32,35-44,46-67H2,1-3H3/b10-7-,19-16-,25-23-,28-27-,31-30-,34-33-,45-24-. The van der Waals surface area contributed by atoms with Crippen molar-refractivity contribution in [3.8, 4) is 0 Å². The van der Waals surface area contributed by atoms with Gasteiger partial charge in [-0.1, -0.05) is 298 Å². The Morgan fingerprint density at radius 1 is 0.273 bits per heavy atom. The van der Waals surface area contributed by atoms with Crippen LogP contribution < -0.4 is 0 Å². The van der Waals surface area contributed by atoms with Gasteiger partial charge in [-0.3, -0.25) is 14.4 Å². The van der Waals surface area contributed by atoms with Crippen LogP contribution in [0.1, 0.15) is 329 Å². The van der Waals surface area contributed by atoms with Crippen LogP contribution in [0.2, 0.25) is 0 Å². The third-order valence-corrected chi connectivity index (χ3v) is 14.4. The van der Waals surface area contributed by atoms with Gasteiger partial charge in [0.2, 0.25) is 0 Å². The van der Waals surface area contributed by atoms with E-state index in [-0.39, 0.29) is 31.1 Å². The second-order valence-electron chi connectivity index (χ2n) is 22.0. The Bertz CT molecular complexity index is 1470. The molecule has 0 aromatic carbocycles. The summed E-state index contributed by atoms with van der Waals surface area (Å²) in [5.41, 5.74) is 0. The van der Waals surface area contributed by atoms with Gasteiger partial charge in [-0.25, -0.2) is 0 Å². The van der Waals surface area contributed by atoms with Crippen molar-refractivity contribution in [1.82, 2.24) is 0 Å². The van der Waals surface area contributed by atoms with E-state index in [2.05, 4.69) is 106 Å². The molecule has 0 aliphatic rings. The highest BCUT2D eigenvalue weighted by Gasteiger charge is 2.19. The van der Waals surface area contributed by atoms with E-state index in [4.69, 9.17) is 14.2 Å². The molecule has 0 saturated carbocycles. The SMILES string of the molecule is CC/C=C\C/C=C\C/C=C\C/C=C\C/C=C\C/C=C\CCCCCCCCCCCCCCCCCCC(=O)OCC(COC(=O)CCCCCCCCCCC)OC(=O)CCCCCCC/C=C\CCCCCCCC. The summed E-state index contributed by atoms with van der Waals surface area (Å²) < 4.78 is 16.9. The lowest BCUT2D eigenvalue weighted by Crippen LogP contribution is -2.30. The summed E-state index contributed by atoms with van der Waals surface area (Å²) in [5.74, 6) is -0.872. The maximum absolute atomic E-state index is 12.8. The third kappa shape index (κ3) is 63.3. The molecule has 0 radical (unpaired) electrons. The molecule has 1 unspecified atom stereocenters. The highest BCUT2D eigenvalue weighted by molar-refractivity contribution is 5.71. The van der Waals surface area contributed by atoms with Gasteiger partial charge in [0.25, 0.3) is 0 Å². The number of ether oxygens (including phenoxy) is 3. The lowest BCUT2D eigenvalue weighted by atomic mass is 10.0. The Kier molecular flexibility index (Phi) is 62.2. The number of hydrogen-bond acceptors (Lipinski definition) is 6. The number of rotatable bonds is 60. The average Bonchev–Trinajstić information content (AvgIpc) is 3.43. The van der Waals surface area contributed by atoms with Crippen molar-refractivity contribution >= 4 is 17.9 Å². The van der Waals surface area contributed by atoms with Gasteiger partial charge in [-0.15, -0.1) is 0 Å². The van der Waals surface area contributed by atoms with E-state index in [9.17, 15) is 14.4 Å². The normalized spacial score (nSPS) is 12.6. The largest absolute Gasteiger partial charge is 0.462 e. The summed E-state index contributed by atoms with van der Waals surface area (Å²) in [5, 5.41) is 0. The first kappa shape index (κ1) is 73.6. The summed E-state index contributed by atoms with van der Waals surface area (Å²) in [6, 6.07) is 0. The molecule has 0 bridgehead atoms. The molecule has 6 nitrogen and oxygen atoms in total. The van der Waals surface area contributed by atoms with Crippen molar-refractivity contribution < 1.29 is 28.6 Å². The minimum atomic E-state index is -0.776. The van der Waals surface area contributed by atoms with Crippen LogP contribution >= 0.6 is 0 Å². The summed E-state index contributed by atoms with van der Waals surface area (Å²) in [4.78, 5) is 38.1. The number of unbranched alkanes of at least 4 members (excludes halogenated alkanes) is 35. The molecule has 0 amide bonds. The van der Waals surface area contributed by atoms with Crippen molar-refractivity contribution in [2.75, 3.05) is 13.2 Å². The smallest absolute Gasteiger partial charge is 0.306 e. The molecule has 0 aromatic rings. The van der Waals surface area contributed by atoms with Crippen LogP contribution in [0.15, 0.2) is 85.1 Å². The monoisotopic (exact) mass is 1070 g/mol. The van der Waals surface area contributed by atoms with Gasteiger partial charge in [0.15, 0.2) is 6.10 Å². The number of carbonyl (C=O) groups excluding carboxylic acids is 3. The van der Waals surface area contributed by atoms with Crippen molar-refractivity contribution in [3.63, 3.8) is 0 Å². The van der Waals surface area contributed by atoms with E-state index >= 15 is 0 Å². The summed E-state index contributed by atoms with van der Waals surface area (Å²) in [7, 11) is 0. The van der Waals surface area contributed by atoms with Gasteiger partial charge < -0.3 is 14.2 Å². The van der Waals surface area contributed by atoms with Gasteiger partial charge in [-0.2, -0.15) is 0 Å². The second-order valence-corrected chi connectivity index (χ2v) is 22.0. The zero-order valence-corrected chi connectivity index (χ0v) is 51.0. The molecule has 0 heterocycles. The molecular weight excluding hydrogens is 949 g/mol. The quantitative estimate of drug-likeness (QED) is 0.0261. The Morgan fingerprint density at radius 2 is 0.506 bits per heavy atom. The first-order valence-electron chi connectivity index (χ1n) is 33.1. The summed E-state index contributed by atoms with van der Waals surface area (Å²) in [6.45, 7) is 6.52. The molecule has 1 atom stereocenters. The number of esters is 3. The lowest BCUT2D eigenvalue weighted by molar-refractivity contribution is -0.167. The topological polar surface area (TPSA) is 78.9 Å². The highest BCUT2D eigenvalue weighted by Crippen LogP contribution is 2.17. The molecule has 0 spiro atoms. The maximum atomic E-state index is 12.8. The van der Waals surface area contributed by atoms with Crippen LogP contribution in [0, 0.1) is 0 Å². The Labute approximate surface area is 477 Å². The van der Waals surface area contributed by atoms with E-state index < -0.39 is 6.10 Å². The maximum Gasteiger partial charge on any atom is 0.306 e. The zero-order chi connectivity index (χ0) is 55.7. The van der Waals surface area contributed by atoms with Crippen molar-refractivity contribution in [2.24, 2.45) is 0 Å². The predicted molar refractivity (Wildman–Crippen MR) is 334 cm³/mol. The summed E-state index contributed by atoms with van der Waals surface area (Å²) in [6.07, 6.45) is 86.2. The molecule has 0 aliphatic heterocycles. The molecule has 6 heteroatoms. The van der Waals surface area contributed by atoms with Gasteiger partial charge >= 0.3 is 17.9 Å². The fourth-order valence-electron chi connectivity index (χ4n) is 9.44. The predicted octanol–water partition coefficient (Wildman–Crippen LogP) is 22.7. The number of allylic oxidation sites excluding steroid dienone is 14. The van der Waals surface area contributed by atoms with E-state index in [1.807, 2.05) is 0 Å². The lowest BCUT2D eigenvalue weighted by Gasteiger charge is -2.18. The van der Waals surface area contributed by atoms with Crippen LogP contribution in [0.25, 0.3) is 0 Å². The molecule has 0 saturated heterocycles. The molecule has 77 heavy (non-hydrogen) atoms. The first-order valence-corrected chi connectivity index (χ1v) is 33.1. The highest BCUT2D eigenvalue weighted by atomic mass is 16.6. The first-order chi connectivity index (χ1) is 38.0. The van der Waals surface area contributed by atoms with Crippen molar-refractivity contribution in [1.29, 1.82) is 0 Å². The van der Waals surface area contributed by atoms with E-state index in [0.29, 0.717) is 19.3 Å². The fourth-order valence-corrected chi connectivity index (χ4v) is 9.44. The Morgan fingerprint density at radius 3 is 0.805 bits per heavy atom. The average molecular weight is 1070 g/mol. The van der Waals surface area contributed by atoms with Gasteiger partial charge in [0.1, 0.15) is 13.2 Å². The van der Waals surface area contributed by atoms with Crippen molar-refractivity contribution in [3.05, 3.63) is 85.1 Å². The third-order valence-electron chi connectivity index (χ3n) is 14.4. The minimum absolute atomic E-state index is 0.0744. The molecule has 0 N–H and O–H groups in total. The molecular formula is C71H124O6. The van der Waals surface area contributed by atoms with Crippen LogP contribution in [0.5, 0.6) is 0 Å². The number of hydrogen-bond donors (Lipinski definition) is 0. The minimum Gasteiger partial charge on any atom is -0.462 e. The Balaban J connectivity index is 4.05. The van der Waals surface area contributed by atoms with Gasteiger partial charge in [0.05, 0.1) is 0 Å².